The Hall–Kier alpha value is -4.06. The predicted octanol–water partition coefficient (Wildman–Crippen LogP) is 6.62. The number of H-pyrrole nitrogens is 1. The third-order valence-electron chi connectivity index (χ3n) is 6.52. The highest BCUT2D eigenvalue weighted by molar-refractivity contribution is 5.98. The van der Waals surface area contributed by atoms with Crippen molar-refractivity contribution in [1.82, 2.24) is 10.3 Å². The number of hydrogen-bond acceptors (Lipinski definition) is 4. The zero-order valence-electron chi connectivity index (χ0n) is 22.4. The number of Topliss-reactive ketones (excluding diaryl/α,β-unsaturated/α-hetero) is 1. The van der Waals surface area contributed by atoms with Crippen molar-refractivity contribution < 1.29 is 19.1 Å². The van der Waals surface area contributed by atoms with Gasteiger partial charge in [0.2, 0.25) is 5.91 Å². The molecule has 6 heteroatoms. The zero-order valence-corrected chi connectivity index (χ0v) is 22.4. The summed E-state index contributed by atoms with van der Waals surface area (Å²) in [5.41, 5.74) is 4.15. The summed E-state index contributed by atoms with van der Waals surface area (Å²) in [4.78, 5) is 29.6. The van der Waals surface area contributed by atoms with Gasteiger partial charge in [0.05, 0.1) is 20.1 Å². The van der Waals surface area contributed by atoms with Crippen molar-refractivity contribution in [1.29, 1.82) is 0 Å². The lowest BCUT2D eigenvalue weighted by Crippen LogP contribution is -2.32. The summed E-state index contributed by atoms with van der Waals surface area (Å²) < 4.78 is 10.8. The van der Waals surface area contributed by atoms with Gasteiger partial charge in [-0.25, -0.2) is 0 Å². The van der Waals surface area contributed by atoms with Crippen LogP contribution in [0.25, 0.3) is 10.9 Å². The van der Waals surface area contributed by atoms with E-state index in [9.17, 15) is 9.59 Å². The van der Waals surface area contributed by atoms with Crippen LogP contribution in [0.2, 0.25) is 0 Å². The van der Waals surface area contributed by atoms with Crippen LogP contribution in [-0.4, -0.2) is 30.9 Å². The van der Waals surface area contributed by atoms with Crippen molar-refractivity contribution in [3.63, 3.8) is 0 Å². The lowest BCUT2D eigenvalue weighted by atomic mass is 9.79. The molecule has 4 aromatic rings. The summed E-state index contributed by atoms with van der Waals surface area (Å²) in [5.74, 6) is 0.326. The fraction of sp³-hybridized carbons (Fsp3) is 0.290. The number of aromatic amines is 1. The van der Waals surface area contributed by atoms with E-state index in [0.29, 0.717) is 17.1 Å². The van der Waals surface area contributed by atoms with Crippen molar-refractivity contribution in [3.8, 4) is 11.5 Å². The summed E-state index contributed by atoms with van der Waals surface area (Å²) in [7, 11) is 3.18. The van der Waals surface area contributed by atoms with Crippen LogP contribution in [0.4, 0.5) is 0 Å². The van der Waals surface area contributed by atoms with E-state index < -0.39 is 5.92 Å². The van der Waals surface area contributed by atoms with Gasteiger partial charge in [0.1, 0.15) is 11.5 Å². The molecule has 3 aromatic carbocycles. The Morgan fingerprint density at radius 1 is 0.919 bits per heavy atom. The molecule has 0 saturated carbocycles. The zero-order chi connectivity index (χ0) is 26.9. The van der Waals surface area contributed by atoms with Gasteiger partial charge in [-0.15, -0.1) is 0 Å². The normalized spacial score (nSPS) is 12.2. The van der Waals surface area contributed by atoms with E-state index in [-0.39, 0.29) is 24.2 Å². The van der Waals surface area contributed by atoms with Gasteiger partial charge in [0.25, 0.3) is 0 Å². The standard InChI is InChI=1S/C29H30N2O4.C2H6/c1-18(25-17-30-26-12-8-7-10-23(25)26)28(24-11-6-5-9-22(24)19(2)32)29(33)31-16-20-13-14-21(34-3)15-27(20)35-4;1-2/h5-15,17-18,28,30H,16H2,1-4H3,(H,31,33);1-2H3. The van der Waals surface area contributed by atoms with Crippen LogP contribution in [0.1, 0.15) is 66.6 Å². The number of carbonyl (C=O) groups excluding carboxylic acids is 2. The van der Waals surface area contributed by atoms with Crippen LogP contribution in [0.15, 0.2) is 72.9 Å². The number of ketones is 1. The van der Waals surface area contributed by atoms with E-state index in [1.807, 2.05) is 81.6 Å². The van der Waals surface area contributed by atoms with Crippen LogP contribution in [0.3, 0.4) is 0 Å². The molecular weight excluding hydrogens is 464 g/mol. The largest absolute Gasteiger partial charge is 0.497 e. The van der Waals surface area contributed by atoms with Gasteiger partial charge >= 0.3 is 0 Å². The van der Waals surface area contributed by atoms with E-state index in [1.165, 1.54) is 6.92 Å². The minimum absolute atomic E-state index is 0.0682. The Kier molecular flexibility index (Phi) is 9.50. The molecule has 1 heterocycles. The third-order valence-corrected chi connectivity index (χ3v) is 6.52. The number of para-hydroxylation sites is 1. The summed E-state index contributed by atoms with van der Waals surface area (Å²) in [6, 6.07) is 20.9. The first-order valence-corrected chi connectivity index (χ1v) is 12.6. The second-order valence-corrected chi connectivity index (χ2v) is 8.59. The molecular formula is C31H36N2O4. The molecule has 6 nitrogen and oxygen atoms in total. The molecule has 194 valence electrons. The number of rotatable bonds is 9. The molecule has 1 amide bonds. The minimum Gasteiger partial charge on any atom is -0.497 e. The number of hydrogen-bond donors (Lipinski definition) is 2. The average Bonchev–Trinajstić information content (AvgIpc) is 3.37. The van der Waals surface area contributed by atoms with Gasteiger partial charge in [-0.2, -0.15) is 0 Å². The smallest absolute Gasteiger partial charge is 0.228 e. The van der Waals surface area contributed by atoms with Crippen LogP contribution in [0, 0.1) is 0 Å². The number of nitrogens with one attached hydrogen (secondary N) is 2. The Labute approximate surface area is 219 Å². The van der Waals surface area contributed by atoms with Crippen molar-refractivity contribution in [2.45, 2.75) is 46.1 Å². The molecule has 1 aromatic heterocycles. The first-order valence-electron chi connectivity index (χ1n) is 12.6. The molecule has 4 rings (SSSR count). The van der Waals surface area contributed by atoms with Crippen molar-refractivity contribution in [2.75, 3.05) is 14.2 Å². The Balaban J connectivity index is 0.00000186. The molecule has 0 spiro atoms. The molecule has 0 bridgehead atoms. The number of carbonyl (C=O) groups is 2. The number of fused-ring (bicyclic) bond motifs is 1. The Morgan fingerprint density at radius 2 is 1.62 bits per heavy atom. The van der Waals surface area contributed by atoms with Crippen LogP contribution in [-0.2, 0) is 11.3 Å². The number of methoxy groups -OCH3 is 2. The number of benzene rings is 3. The second kappa shape index (κ2) is 12.8. The molecule has 0 aliphatic carbocycles. The molecule has 2 unspecified atom stereocenters. The highest BCUT2D eigenvalue weighted by atomic mass is 16.5. The third kappa shape index (κ3) is 6.02. The van der Waals surface area contributed by atoms with Gasteiger partial charge in [0, 0.05) is 40.8 Å². The summed E-state index contributed by atoms with van der Waals surface area (Å²) in [6.45, 7) is 7.85. The van der Waals surface area contributed by atoms with Gasteiger partial charge in [-0.1, -0.05) is 63.2 Å². The maximum atomic E-state index is 13.8. The highest BCUT2D eigenvalue weighted by Crippen LogP contribution is 2.38. The molecule has 2 N–H and O–H groups in total. The van der Waals surface area contributed by atoms with Crippen LogP contribution in [0.5, 0.6) is 11.5 Å². The van der Waals surface area contributed by atoms with Crippen molar-refractivity contribution >= 4 is 22.6 Å². The van der Waals surface area contributed by atoms with Gasteiger partial charge in [0.15, 0.2) is 5.78 Å². The molecule has 0 saturated heterocycles. The number of aromatic nitrogens is 1. The highest BCUT2D eigenvalue weighted by Gasteiger charge is 2.32. The molecule has 37 heavy (non-hydrogen) atoms. The van der Waals surface area contributed by atoms with Gasteiger partial charge in [-0.3, -0.25) is 9.59 Å². The summed E-state index contributed by atoms with van der Waals surface area (Å²) in [6.07, 6.45) is 1.96. The molecule has 0 fully saturated rings. The van der Waals surface area contributed by atoms with E-state index in [1.54, 1.807) is 26.4 Å². The van der Waals surface area contributed by atoms with Crippen LogP contribution < -0.4 is 14.8 Å². The summed E-state index contributed by atoms with van der Waals surface area (Å²) >= 11 is 0. The quantitative estimate of drug-likeness (QED) is 0.253. The maximum Gasteiger partial charge on any atom is 0.228 e. The van der Waals surface area contributed by atoms with E-state index in [4.69, 9.17) is 9.47 Å². The molecule has 2 atom stereocenters. The Morgan fingerprint density at radius 3 is 2.32 bits per heavy atom. The summed E-state index contributed by atoms with van der Waals surface area (Å²) in [5, 5.41) is 4.15. The number of amides is 1. The van der Waals surface area contributed by atoms with Gasteiger partial charge < -0.3 is 19.8 Å². The lowest BCUT2D eigenvalue weighted by Gasteiger charge is -2.25. The van der Waals surface area contributed by atoms with E-state index in [2.05, 4.69) is 10.3 Å². The fourth-order valence-corrected chi connectivity index (χ4v) is 4.67. The molecule has 0 aliphatic rings. The monoisotopic (exact) mass is 500 g/mol. The van der Waals surface area contributed by atoms with Crippen LogP contribution >= 0.6 is 0 Å². The molecule has 0 aliphatic heterocycles. The number of ether oxygens (including phenoxy) is 2. The first kappa shape index (κ1) is 27.5. The Bertz CT molecular complexity index is 1360. The van der Waals surface area contributed by atoms with Crippen molar-refractivity contribution in [2.24, 2.45) is 0 Å². The second-order valence-electron chi connectivity index (χ2n) is 8.59. The molecule has 0 radical (unpaired) electrons. The van der Waals surface area contributed by atoms with E-state index >= 15 is 0 Å². The lowest BCUT2D eigenvalue weighted by molar-refractivity contribution is -0.123. The minimum atomic E-state index is -0.571. The SMILES string of the molecule is CC.COc1ccc(CNC(=O)C(c2ccccc2C(C)=O)C(C)c2c[nH]c3ccccc23)c(OC)c1. The first-order chi connectivity index (χ1) is 17.9. The van der Waals surface area contributed by atoms with Gasteiger partial charge in [-0.05, 0) is 42.2 Å². The maximum absolute atomic E-state index is 13.8. The predicted molar refractivity (Wildman–Crippen MR) is 149 cm³/mol. The fourth-order valence-electron chi connectivity index (χ4n) is 4.67. The van der Waals surface area contributed by atoms with E-state index in [0.717, 1.165) is 27.6 Å². The average molecular weight is 501 g/mol. The topological polar surface area (TPSA) is 80.4 Å². The van der Waals surface area contributed by atoms with Crippen molar-refractivity contribution in [3.05, 3.63) is 95.2 Å².